The summed E-state index contributed by atoms with van der Waals surface area (Å²) < 4.78 is 9.06. The van der Waals surface area contributed by atoms with Crippen LogP contribution in [0.4, 0.5) is 0 Å². The topological polar surface area (TPSA) is 33.3 Å². The molecule has 0 aromatic heterocycles. The van der Waals surface area contributed by atoms with Gasteiger partial charge in [-0.1, -0.05) is 0 Å². The molecule has 0 aromatic carbocycles. The Hall–Kier alpha value is 0.610. The molecule has 0 fully saturated rings. The van der Waals surface area contributed by atoms with Gasteiger partial charge in [0, 0.05) is 0 Å². The molecule has 0 aliphatic carbocycles. The molecule has 94 valence electrons. The molecule has 0 unspecified atom stereocenters. The average molecular weight is 330 g/mol. The minimum absolute atomic E-state index is 0.564. The Morgan fingerprint density at radius 1 is 1.07 bits per heavy atom. The van der Waals surface area contributed by atoms with Crippen LogP contribution in [0.15, 0.2) is 0 Å². The van der Waals surface area contributed by atoms with Crippen LogP contribution < -0.4 is 8.85 Å². The van der Waals surface area contributed by atoms with Crippen molar-refractivity contribution in [1.29, 1.82) is 0 Å². The van der Waals surface area contributed by atoms with Crippen molar-refractivity contribution >= 4 is 20.1 Å². The van der Waals surface area contributed by atoms with Gasteiger partial charge < -0.3 is 0 Å². The Morgan fingerprint density at radius 3 is 2.40 bits per heavy atom. The molecular weight excluding hydrogens is 303 g/mol. The molecule has 0 aliphatic heterocycles. The zero-order valence-corrected chi connectivity index (χ0v) is 12.8. The fraction of sp³-hybridized carbons (Fsp3) is 1.00. The fourth-order valence-electron chi connectivity index (χ4n) is 1.11. The van der Waals surface area contributed by atoms with Crippen LogP contribution in [-0.4, -0.2) is 42.2 Å². The van der Waals surface area contributed by atoms with Crippen LogP contribution in [-0.2, 0) is 4.74 Å². The minimum atomic E-state index is -0.700. The summed E-state index contributed by atoms with van der Waals surface area (Å²) in [5.41, 5.74) is 0. The summed E-state index contributed by atoms with van der Waals surface area (Å²) >= 11 is -0.700. The number of hydrogen-bond donors (Lipinski definition) is 2. The number of unbranched alkanes of at least 4 members (excludes halogenated alkanes) is 1. The summed E-state index contributed by atoms with van der Waals surface area (Å²) in [7, 11) is 0. The molecule has 0 aliphatic rings. The van der Waals surface area contributed by atoms with E-state index in [1.54, 1.807) is 0 Å². The summed E-state index contributed by atoms with van der Waals surface area (Å²) in [5.74, 6) is 0. The van der Waals surface area contributed by atoms with Gasteiger partial charge in [-0.3, -0.25) is 0 Å². The Morgan fingerprint density at radius 2 is 1.80 bits per heavy atom. The third kappa shape index (κ3) is 14.6. The quantitative estimate of drug-likeness (QED) is 0.278. The second-order valence-corrected chi connectivity index (χ2v) is 9.15. The summed E-state index contributed by atoms with van der Waals surface area (Å²) in [6.07, 6.45) is 2.42. The van der Waals surface area contributed by atoms with Crippen molar-refractivity contribution in [2.45, 2.75) is 32.7 Å². The van der Waals surface area contributed by atoms with E-state index in [0.717, 1.165) is 19.8 Å². The second-order valence-electron chi connectivity index (χ2n) is 4.07. The van der Waals surface area contributed by atoms with Gasteiger partial charge in [0.15, 0.2) is 0 Å². The van der Waals surface area contributed by atoms with Crippen LogP contribution in [0.2, 0.25) is 0 Å². The number of hydrogen-bond acceptors (Lipinski definition) is 3. The summed E-state index contributed by atoms with van der Waals surface area (Å²) in [6.45, 7) is 8.19. The van der Waals surface area contributed by atoms with Crippen molar-refractivity contribution in [3.8, 4) is 0 Å². The molecule has 4 heteroatoms. The van der Waals surface area contributed by atoms with Gasteiger partial charge in [-0.05, 0) is 0 Å². The van der Waals surface area contributed by atoms with E-state index in [4.69, 9.17) is 4.74 Å². The van der Waals surface area contributed by atoms with E-state index in [0.29, 0.717) is 6.04 Å². The van der Waals surface area contributed by atoms with Gasteiger partial charge in [0.25, 0.3) is 0 Å². The predicted molar refractivity (Wildman–Crippen MR) is 77.1 cm³/mol. The monoisotopic (exact) mass is 330 g/mol. The first-order valence-corrected chi connectivity index (χ1v) is 11.1. The number of rotatable bonds is 10. The van der Waals surface area contributed by atoms with Crippen molar-refractivity contribution in [1.82, 2.24) is 8.85 Å². The van der Waals surface area contributed by atoms with Crippen LogP contribution in [0.25, 0.3) is 0 Å². The molecule has 0 amide bonds. The number of halogens is 1. The number of ether oxygens (including phenoxy) is 1. The van der Waals surface area contributed by atoms with Crippen molar-refractivity contribution < 1.29 is 4.74 Å². The Kier molecular flexibility index (Phi) is 11.6. The van der Waals surface area contributed by atoms with E-state index in [1.807, 2.05) is 0 Å². The SMILES string of the molecule is CC(C)NCCOCCCCNI(C)C. The molecule has 0 saturated carbocycles. The molecule has 2 N–H and O–H groups in total. The van der Waals surface area contributed by atoms with E-state index in [-0.39, 0.29) is 0 Å². The normalized spacial score (nSPS) is 12.2. The molecule has 0 atom stereocenters. The first kappa shape index (κ1) is 15.6. The number of alkyl halides is 2. The van der Waals surface area contributed by atoms with Gasteiger partial charge in [0.1, 0.15) is 0 Å². The first-order chi connectivity index (χ1) is 7.13. The van der Waals surface area contributed by atoms with E-state index in [1.165, 1.54) is 19.4 Å². The van der Waals surface area contributed by atoms with Gasteiger partial charge in [-0.2, -0.15) is 0 Å². The van der Waals surface area contributed by atoms with E-state index in [9.17, 15) is 0 Å². The maximum absolute atomic E-state index is 5.51. The zero-order chi connectivity index (χ0) is 11.5. The standard InChI is InChI=1S/C11H27IN2O/c1-11(2)13-8-10-15-9-6-5-7-14-12(3)4/h11,13-14H,5-10H2,1-4H3. The van der Waals surface area contributed by atoms with Crippen molar-refractivity contribution in [2.24, 2.45) is 0 Å². The number of nitrogens with one attached hydrogen (secondary N) is 2. The summed E-state index contributed by atoms with van der Waals surface area (Å²) in [4.78, 5) is 4.66. The average Bonchev–Trinajstić information content (AvgIpc) is 2.14. The molecule has 0 heterocycles. The molecule has 15 heavy (non-hydrogen) atoms. The van der Waals surface area contributed by atoms with Crippen LogP contribution >= 0.6 is 20.1 Å². The fourth-order valence-corrected chi connectivity index (χ4v) is 2.57. The third-order valence-corrected chi connectivity index (χ3v) is 3.94. The van der Waals surface area contributed by atoms with Crippen molar-refractivity contribution in [3.63, 3.8) is 0 Å². The molecular formula is C11H27IN2O. The van der Waals surface area contributed by atoms with E-state index < -0.39 is 20.1 Å². The molecule has 0 bridgehead atoms. The second kappa shape index (κ2) is 11.1. The maximum atomic E-state index is 5.51. The van der Waals surface area contributed by atoms with Crippen LogP contribution in [0.5, 0.6) is 0 Å². The zero-order valence-electron chi connectivity index (χ0n) is 10.6. The van der Waals surface area contributed by atoms with Crippen LogP contribution in [0, 0.1) is 0 Å². The summed E-state index contributed by atoms with van der Waals surface area (Å²) in [6, 6.07) is 0.564. The van der Waals surface area contributed by atoms with Gasteiger partial charge >= 0.3 is 103 Å². The van der Waals surface area contributed by atoms with E-state index >= 15 is 0 Å². The first-order valence-electron chi connectivity index (χ1n) is 5.67. The van der Waals surface area contributed by atoms with Gasteiger partial charge in [0.2, 0.25) is 0 Å². The summed E-state index contributed by atoms with van der Waals surface area (Å²) in [5, 5.41) is 3.33. The third-order valence-electron chi connectivity index (χ3n) is 1.88. The Labute approximate surface area is 102 Å². The Balaban J connectivity index is 2.93. The molecule has 0 radical (unpaired) electrons. The van der Waals surface area contributed by atoms with Crippen LogP contribution in [0.1, 0.15) is 26.7 Å². The van der Waals surface area contributed by atoms with Crippen molar-refractivity contribution in [3.05, 3.63) is 0 Å². The van der Waals surface area contributed by atoms with Gasteiger partial charge in [-0.15, -0.1) is 0 Å². The van der Waals surface area contributed by atoms with Gasteiger partial charge in [-0.25, -0.2) is 0 Å². The molecule has 0 spiro atoms. The molecule has 0 rings (SSSR count). The van der Waals surface area contributed by atoms with E-state index in [2.05, 4.69) is 32.6 Å². The van der Waals surface area contributed by atoms with Crippen LogP contribution in [0.3, 0.4) is 0 Å². The molecule has 3 nitrogen and oxygen atoms in total. The van der Waals surface area contributed by atoms with Gasteiger partial charge in [0.05, 0.1) is 0 Å². The Bertz CT molecular complexity index is 118. The molecule has 0 aromatic rings. The predicted octanol–water partition coefficient (Wildman–Crippen LogP) is 2.05. The van der Waals surface area contributed by atoms with Crippen molar-refractivity contribution in [2.75, 3.05) is 36.2 Å². The molecule has 0 saturated heterocycles.